The maximum Gasteiger partial charge on any atom is 0.320 e. The van der Waals surface area contributed by atoms with Crippen LogP contribution in [-0.4, -0.2) is 17.1 Å². The van der Waals surface area contributed by atoms with E-state index in [0.717, 1.165) is 17.3 Å². The summed E-state index contributed by atoms with van der Waals surface area (Å²) in [6, 6.07) is 3.81. The van der Waals surface area contributed by atoms with Crippen molar-refractivity contribution in [3.8, 4) is 0 Å². The first-order valence-electron chi connectivity index (χ1n) is 5.94. The fourth-order valence-corrected chi connectivity index (χ4v) is 2.41. The van der Waals surface area contributed by atoms with Crippen LogP contribution in [0.3, 0.4) is 0 Å². The largest absolute Gasteiger partial charge is 0.335 e. The minimum Gasteiger partial charge on any atom is -0.335 e. The van der Waals surface area contributed by atoms with Gasteiger partial charge < -0.3 is 5.32 Å². The lowest BCUT2D eigenvalue weighted by molar-refractivity contribution is 0.244. The SMILES string of the molecule is O=C(Nc1ncccc1Br)NC1CCCCC1. The van der Waals surface area contributed by atoms with E-state index in [0.29, 0.717) is 11.9 Å². The molecule has 0 aromatic carbocycles. The summed E-state index contributed by atoms with van der Waals surface area (Å²) < 4.78 is 0.791. The third kappa shape index (κ3) is 3.70. The number of pyridine rings is 1. The number of nitrogens with zero attached hydrogens (tertiary/aromatic N) is 1. The summed E-state index contributed by atoms with van der Waals surface area (Å²) in [5.74, 6) is 0.556. The van der Waals surface area contributed by atoms with Gasteiger partial charge in [0, 0.05) is 12.2 Å². The molecular formula is C12H16BrN3O. The smallest absolute Gasteiger partial charge is 0.320 e. The molecule has 1 heterocycles. The van der Waals surface area contributed by atoms with Crippen LogP contribution >= 0.6 is 15.9 Å². The molecule has 5 heteroatoms. The van der Waals surface area contributed by atoms with E-state index >= 15 is 0 Å². The molecule has 2 amide bonds. The van der Waals surface area contributed by atoms with Crippen molar-refractivity contribution in [2.24, 2.45) is 0 Å². The van der Waals surface area contributed by atoms with Crippen molar-refractivity contribution in [3.63, 3.8) is 0 Å². The summed E-state index contributed by atoms with van der Waals surface area (Å²) in [6.45, 7) is 0. The number of amides is 2. The maximum absolute atomic E-state index is 11.7. The molecule has 1 aromatic rings. The van der Waals surface area contributed by atoms with E-state index in [4.69, 9.17) is 0 Å². The number of rotatable bonds is 2. The van der Waals surface area contributed by atoms with E-state index in [9.17, 15) is 4.79 Å². The monoisotopic (exact) mass is 297 g/mol. The first-order valence-corrected chi connectivity index (χ1v) is 6.73. The number of anilines is 1. The highest BCUT2D eigenvalue weighted by molar-refractivity contribution is 9.10. The molecule has 0 aliphatic heterocycles. The lowest BCUT2D eigenvalue weighted by Crippen LogP contribution is -2.39. The second kappa shape index (κ2) is 6.00. The average Bonchev–Trinajstić information content (AvgIpc) is 2.33. The van der Waals surface area contributed by atoms with Crippen LogP contribution in [0.5, 0.6) is 0 Å². The first-order chi connectivity index (χ1) is 8.25. The molecule has 1 aromatic heterocycles. The van der Waals surface area contributed by atoms with Gasteiger partial charge in [-0.15, -0.1) is 0 Å². The van der Waals surface area contributed by atoms with Crippen molar-refractivity contribution in [2.75, 3.05) is 5.32 Å². The van der Waals surface area contributed by atoms with Crippen LogP contribution in [0.15, 0.2) is 22.8 Å². The topological polar surface area (TPSA) is 54.0 Å². The highest BCUT2D eigenvalue weighted by Crippen LogP contribution is 2.19. The van der Waals surface area contributed by atoms with Gasteiger partial charge in [-0.3, -0.25) is 5.32 Å². The van der Waals surface area contributed by atoms with Crippen LogP contribution in [0.4, 0.5) is 10.6 Å². The summed E-state index contributed by atoms with van der Waals surface area (Å²) >= 11 is 3.34. The minimum absolute atomic E-state index is 0.170. The van der Waals surface area contributed by atoms with Gasteiger partial charge in [0.1, 0.15) is 5.82 Å². The summed E-state index contributed by atoms with van der Waals surface area (Å²) in [5.41, 5.74) is 0. The Hall–Kier alpha value is -1.10. The summed E-state index contributed by atoms with van der Waals surface area (Å²) in [6.07, 6.45) is 7.51. The van der Waals surface area contributed by atoms with Crippen molar-refractivity contribution in [3.05, 3.63) is 22.8 Å². The van der Waals surface area contributed by atoms with Crippen LogP contribution in [0, 0.1) is 0 Å². The van der Waals surface area contributed by atoms with Gasteiger partial charge in [0.15, 0.2) is 0 Å². The molecule has 92 valence electrons. The molecule has 0 unspecified atom stereocenters. The Morgan fingerprint density at radius 2 is 2.12 bits per heavy atom. The van der Waals surface area contributed by atoms with Crippen LogP contribution in [0.1, 0.15) is 32.1 Å². The molecule has 0 radical (unpaired) electrons. The van der Waals surface area contributed by atoms with Gasteiger partial charge in [0.25, 0.3) is 0 Å². The molecule has 1 fully saturated rings. The first kappa shape index (κ1) is 12.4. The molecule has 0 saturated heterocycles. The van der Waals surface area contributed by atoms with Gasteiger partial charge in [-0.05, 0) is 40.9 Å². The Morgan fingerprint density at radius 1 is 1.35 bits per heavy atom. The van der Waals surface area contributed by atoms with E-state index in [1.807, 2.05) is 12.1 Å². The highest BCUT2D eigenvalue weighted by atomic mass is 79.9. The van der Waals surface area contributed by atoms with Gasteiger partial charge in [-0.2, -0.15) is 0 Å². The molecular weight excluding hydrogens is 282 g/mol. The second-order valence-electron chi connectivity index (χ2n) is 4.27. The number of urea groups is 1. The fraction of sp³-hybridized carbons (Fsp3) is 0.500. The zero-order valence-corrected chi connectivity index (χ0v) is 11.2. The van der Waals surface area contributed by atoms with Crippen molar-refractivity contribution in [1.29, 1.82) is 0 Å². The molecule has 1 saturated carbocycles. The predicted molar refractivity (Wildman–Crippen MR) is 71.0 cm³/mol. The van der Waals surface area contributed by atoms with Gasteiger partial charge >= 0.3 is 6.03 Å². The molecule has 0 bridgehead atoms. The Labute approximate surface area is 109 Å². The number of hydrogen-bond acceptors (Lipinski definition) is 2. The number of carbonyl (C=O) groups is 1. The van der Waals surface area contributed by atoms with Crippen molar-refractivity contribution in [1.82, 2.24) is 10.3 Å². The third-order valence-electron chi connectivity index (χ3n) is 2.93. The lowest BCUT2D eigenvalue weighted by atomic mass is 9.96. The van der Waals surface area contributed by atoms with E-state index in [2.05, 4.69) is 31.5 Å². The van der Waals surface area contributed by atoms with E-state index < -0.39 is 0 Å². The van der Waals surface area contributed by atoms with Crippen molar-refractivity contribution >= 4 is 27.8 Å². The molecule has 1 aliphatic carbocycles. The number of hydrogen-bond donors (Lipinski definition) is 2. The number of aromatic nitrogens is 1. The number of carbonyl (C=O) groups excluding carboxylic acids is 1. The van der Waals surface area contributed by atoms with Gasteiger partial charge in [-0.25, -0.2) is 9.78 Å². The minimum atomic E-state index is -0.170. The van der Waals surface area contributed by atoms with E-state index in [1.54, 1.807) is 6.20 Å². The van der Waals surface area contributed by atoms with Crippen LogP contribution in [0.2, 0.25) is 0 Å². The fourth-order valence-electron chi connectivity index (χ4n) is 2.05. The lowest BCUT2D eigenvalue weighted by Gasteiger charge is -2.22. The molecule has 17 heavy (non-hydrogen) atoms. The zero-order valence-electron chi connectivity index (χ0n) is 9.58. The summed E-state index contributed by atoms with van der Waals surface area (Å²) in [7, 11) is 0. The zero-order chi connectivity index (χ0) is 12.1. The third-order valence-corrected chi connectivity index (χ3v) is 3.57. The summed E-state index contributed by atoms with van der Waals surface area (Å²) in [4.78, 5) is 15.8. The van der Waals surface area contributed by atoms with Crippen molar-refractivity contribution in [2.45, 2.75) is 38.1 Å². The maximum atomic E-state index is 11.7. The molecule has 0 atom stereocenters. The Balaban J connectivity index is 1.86. The molecule has 2 N–H and O–H groups in total. The van der Waals surface area contributed by atoms with Gasteiger partial charge in [0.2, 0.25) is 0 Å². The van der Waals surface area contributed by atoms with Crippen LogP contribution < -0.4 is 10.6 Å². The van der Waals surface area contributed by atoms with Gasteiger partial charge in [0.05, 0.1) is 4.47 Å². The number of nitrogens with one attached hydrogen (secondary N) is 2. The van der Waals surface area contributed by atoms with E-state index in [1.165, 1.54) is 19.3 Å². The number of halogens is 1. The summed E-state index contributed by atoms with van der Waals surface area (Å²) in [5, 5.41) is 5.73. The van der Waals surface area contributed by atoms with Crippen LogP contribution in [0.25, 0.3) is 0 Å². The van der Waals surface area contributed by atoms with E-state index in [-0.39, 0.29) is 6.03 Å². The standard InChI is InChI=1S/C12H16BrN3O/c13-10-7-4-8-14-11(10)16-12(17)15-9-5-2-1-3-6-9/h4,7-9H,1-3,5-6H2,(H2,14,15,16,17). The Morgan fingerprint density at radius 3 is 2.82 bits per heavy atom. The predicted octanol–water partition coefficient (Wildman–Crippen LogP) is 3.30. The van der Waals surface area contributed by atoms with Crippen LogP contribution in [-0.2, 0) is 0 Å². The Kier molecular flexibility index (Phi) is 4.36. The van der Waals surface area contributed by atoms with Gasteiger partial charge in [-0.1, -0.05) is 19.3 Å². The molecule has 2 rings (SSSR count). The second-order valence-corrected chi connectivity index (χ2v) is 5.12. The Bertz CT molecular complexity index is 391. The average molecular weight is 298 g/mol. The molecule has 0 spiro atoms. The molecule has 1 aliphatic rings. The normalized spacial score (nSPS) is 16.5. The molecule has 4 nitrogen and oxygen atoms in total. The quantitative estimate of drug-likeness (QED) is 0.880. The highest BCUT2D eigenvalue weighted by Gasteiger charge is 2.16. The van der Waals surface area contributed by atoms with Crippen molar-refractivity contribution < 1.29 is 4.79 Å².